The van der Waals surface area contributed by atoms with Gasteiger partial charge in [-0.05, 0) is 25.8 Å². The maximum absolute atomic E-state index is 3.73. The molecule has 0 bridgehead atoms. The second-order valence-electron chi connectivity index (χ2n) is 4.98. The highest BCUT2D eigenvalue weighted by Gasteiger charge is 2.36. The van der Waals surface area contributed by atoms with Crippen molar-refractivity contribution in [2.24, 2.45) is 0 Å². The van der Waals surface area contributed by atoms with Crippen molar-refractivity contribution < 1.29 is 0 Å². The Morgan fingerprint density at radius 2 is 2.00 bits per heavy atom. The summed E-state index contributed by atoms with van der Waals surface area (Å²) in [5.74, 6) is 0. The van der Waals surface area contributed by atoms with Gasteiger partial charge in [0.25, 0.3) is 0 Å². The number of alkyl halides is 1. The first-order valence-corrected chi connectivity index (χ1v) is 6.42. The van der Waals surface area contributed by atoms with Crippen molar-refractivity contribution >= 4 is 15.9 Å². The predicted molar refractivity (Wildman–Crippen MR) is 68.3 cm³/mol. The Morgan fingerprint density at radius 1 is 1.33 bits per heavy atom. The Labute approximate surface area is 101 Å². The molecule has 82 valence electrons. The van der Waals surface area contributed by atoms with Crippen LogP contribution in [0.3, 0.4) is 0 Å². The van der Waals surface area contributed by atoms with E-state index >= 15 is 0 Å². The summed E-state index contributed by atoms with van der Waals surface area (Å²) < 4.78 is 0. The Balaban J connectivity index is 2.07. The van der Waals surface area contributed by atoms with E-state index in [2.05, 4.69) is 65.0 Å². The second-order valence-corrected chi connectivity index (χ2v) is 6.27. The van der Waals surface area contributed by atoms with E-state index in [9.17, 15) is 0 Å². The van der Waals surface area contributed by atoms with Crippen molar-refractivity contribution in [3.63, 3.8) is 0 Å². The van der Waals surface area contributed by atoms with Gasteiger partial charge >= 0.3 is 0 Å². The van der Waals surface area contributed by atoms with Crippen molar-refractivity contribution in [1.29, 1.82) is 0 Å². The minimum absolute atomic E-state index is 0.323. The maximum atomic E-state index is 3.73. The Kier molecular flexibility index (Phi) is 3.17. The quantitative estimate of drug-likeness (QED) is 0.743. The van der Waals surface area contributed by atoms with Gasteiger partial charge in [-0.2, -0.15) is 0 Å². The topological polar surface area (TPSA) is 3.24 Å². The van der Waals surface area contributed by atoms with E-state index in [1.54, 1.807) is 0 Å². The molecule has 0 saturated carbocycles. The fraction of sp³-hybridized carbons (Fsp3) is 0.538. The highest BCUT2D eigenvalue weighted by atomic mass is 79.9. The Bertz CT molecular complexity index is 321. The van der Waals surface area contributed by atoms with E-state index in [0.717, 1.165) is 13.1 Å². The number of benzene rings is 1. The fourth-order valence-electron chi connectivity index (χ4n) is 2.30. The van der Waals surface area contributed by atoms with Crippen molar-refractivity contribution in [3.8, 4) is 0 Å². The van der Waals surface area contributed by atoms with E-state index in [1.165, 1.54) is 12.0 Å². The van der Waals surface area contributed by atoms with Crippen LogP contribution in [0.25, 0.3) is 0 Å². The summed E-state index contributed by atoms with van der Waals surface area (Å²) in [4.78, 5) is 3.21. The first-order valence-electron chi connectivity index (χ1n) is 5.51. The first-order chi connectivity index (χ1) is 7.08. The van der Waals surface area contributed by atoms with Gasteiger partial charge in [0.1, 0.15) is 0 Å². The molecular weight excluding hydrogens is 250 g/mol. The highest BCUT2D eigenvalue weighted by Crippen LogP contribution is 2.33. The van der Waals surface area contributed by atoms with Gasteiger partial charge in [0.05, 0.1) is 0 Å². The molecule has 1 aromatic carbocycles. The van der Waals surface area contributed by atoms with Crippen LogP contribution in [0.4, 0.5) is 0 Å². The van der Waals surface area contributed by atoms with Crippen LogP contribution in [0.15, 0.2) is 30.3 Å². The normalized spacial score (nSPS) is 25.7. The van der Waals surface area contributed by atoms with Crippen LogP contribution in [0.2, 0.25) is 0 Å². The number of rotatable bonds is 2. The van der Waals surface area contributed by atoms with E-state index in [4.69, 9.17) is 0 Å². The molecule has 1 unspecified atom stereocenters. The molecule has 1 fully saturated rings. The zero-order valence-electron chi connectivity index (χ0n) is 9.41. The molecule has 0 aromatic heterocycles. The number of hydrogen-bond acceptors (Lipinski definition) is 1. The molecule has 1 aromatic rings. The lowest BCUT2D eigenvalue weighted by atomic mass is 10.0. The molecule has 1 heterocycles. The monoisotopic (exact) mass is 267 g/mol. The molecule has 1 aliphatic heterocycles. The van der Waals surface area contributed by atoms with Crippen molar-refractivity contribution in [2.45, 2.75) is 37.2 Å². The molecular formula is C13H18BrN. The summed E-state index contributed by atoms with van der Waals surface area (Å²) in [5, 5.41) is 0. The smallest absolute Gasteiger partial charge is 0.0290 e. The molecule has 0 aliphatic carbocycles. The summed E-state index contributed by atoms with van der Waals surface area (Å²) >= 11 is 3.73. The van der Waals surface area contributed by atoms with Crippen molar-refractivity contribution in [1.82, 2.24) is 4.90 Å². The third-order valence-electron chi connectivity index (χ3n) is 3.21. The largest absolute Gasteiger partial charge is 0.293 e. The van der Waals surface area contributed by atoms with Crippen LogP contribution in [0.5, 0.6) is 0 Å². The lowest BCUT2D eigenvalue weighted by Crippen LogP contribution is -2.37. The predicted octanol–water partition coefficient (Wildman–Crippen LogP) is 3.43. The van der Waals surface area contributed by atoms with Crippen molar-refractivity contribution in [3.05, 3.63) is 35.9 Å². The van der Waals surface area contributed by atoms with Crippen molar-refractivity contribution in [2.75, 3.05) is 6.54 Å². The number of nitrogens with zero attached hydrogens (tertiary/aromatic N) is 1. The fourth-order valence-corrected chi connectivity index (χ4v) is 3.45. The van der Waals surface area contributed by atoms with Crippen LogP contribution >= 0.6 is 15.9 Å². The SMILES string of the molecule is CC1(C)CC(Br)CN1Cc1ccccc1. The van der Waals surface area contributed by atoms with E-state index in [0.29, 0.717) is 10.4 Å². The summed E-state index contributed by atoms with van der Waals surface area (Å²) in [6, 6.07) is 10.7. The summed E-state index contributed by atoms with van der Waals surface area (Å²) in [6.07, 6.45) is 1.24. The number of likely N-dealkylation sites (tertiary alicyclic amines) is 1. The molecule has 1 saturated heterocycles. The Hall–Kier alpha value is -0.340. The molecule has 2 rings (SSSR count). The lowest BCUT2D eigenvalue weighted by Gasteiger charge is -2.31. The van der Waals surface area contributed by atoms with Gasteiger partial charge in [0.2, 0.25) is 0 Å². The highest BCUT2D eigenvalue weighted by molar-refractivity contribution is 9.09. The van der Waals surface area contributed by atoms with Gasteiger partial charge in [-0.1, -0.05) is 46.3 Å². The van der Waals surface area contributed by atoms with Gasteiger partial charge in [-0.3, -0.25) is 4.90 Å². The van der Waals surface area contributed by atoms with Gasteiger partial charge in [0.15, 0.2) is 0 Å². The number of halogens is 1. The Morgan fingerprint density at radius 3 is 2.53 bits per heavy atom. The molecule has 0 amide bonds. The lowest BCUT2D eigenvalue weighted by molar-refractivity contribution is 0.166. The maximum Gasteiger partial charge on any atom is 0.0290 e. The zero-order valence-corrected chi connectivity index (χ0v) is 11.0. The van der Waals surface area contributed by atoms with Crippen LogP contribution in [0.1, 0.15) is 25.8 Å². The zero-order chi connectivity index (χ0) is 10.9. The second kappa shape index (κ2) is 4.26. The molecule has 15 heavy (non-hydrogen) atoms. The van der Waals surface area contributed by atoms with E-state index in [1.807, 2.05) is 0 Å². The molecule has 0 N–H and O–H groups in total. The average Bonchev–Trinajstić information content (AvgIpc) is 2.41. The van der Waals surface area contributed by atoms with Crippen LogP contribution in [0, 0.1) is 0 Å². The summed E-state index contributed by atoms with van der Waals surface area (Å²) in [5.41, 5.74) is 1.73. The molecule has 0 spiro atoms. The average molecular weight is 268 g/mol. The van der Waals surface area contributed by atoms with Crippen LogP contribution in [-0.4, -0.2) is 21.8 Å². The molecule has 1 nitrogen and oxygen atoms in total. The summed E-state index contributed by atoms with van der Waals surface area (Å²) in [7, 11) is 0. The van der Waals surface area contributed by atoms with Crippen LogP contribution in [-0.2, 0) is 6.54 Å². The standard InChI is InChI=1S/C13H18BrN/c1-13(2)8-12(14)10-15(13)9-11-6-4-3-5-7-11/h3-7,12H,8-10H2,1-2H3. The molecule has 1 aliphatic rings. The molecule has 2 heteroatoms. The van der Waals surface area contributed by atoms with Crippen LogP contribution < -0.4 is 0 Å². The van der Waals surface area contributed by atoms with Gasteiger partial charge < -0.3 is 0 Å². The minimum Gasteiger partial charge on any atom is -0.293 e. The van der Waals surface area contributed by atoms with Gasteiger partial charge in [-0.15, -0.1) is 0 Å². The third-order valence-corrected chi connectivity index (χ3v) is 3.83. The van der Waals surface area contributed by atoms with Gasteiger partial charge in [0, 0.05) is 23.5 Å². The molecule has 0 radical (unpaired) electrons. The molecule has 1 atom stereocenters. The third kappa shape index (κ3) is 2.61. The minimum atomic E-state index is 0.323. The first kappa shape index (κ1) is 11.2. The van der Waals surface area contributed by atoms with E-state index < -0.39 is 0 Å². The number of hydrogen-bond donors (Lipinski definition) is 0. The summed E-state index contributed by atoms with van der Waals surface area (Å²) in [6.45, 7) is 6.88. The van der Waals surface area contributed by atoms with Gasteiger partial charge in [-0.25, -0.2) is 0 Å². The van der Waals surface area contributed by atoms with E-state index in [-0.39, 0.29) is 0 Å².